The SMILES string of the molecule is O=C(NCc1c(-c2ccc(F)cc2)nc2n1CCS2)c1cccc(Cl)c1. The Hall–Kier alpha value is -2.31. The molecule has 1 amide bonds. The highest BCUT2D eigenvalue weighted by Crippen LogP contribution is 2.33. The van der Waals surface area contributed by atoms with Crippen LogP contribution in [0.3, 0.4) is 0 Å². The van der Waals surface area contributed by atoms with Crippen molar-refractivity contribution in [1.29, 1.82) is 0 Å². The van der Waals surface area contributed by atoms with Crippen LogP contribution in [0.2, 0.25) is 5.02 Å². The summed E-state index contributed by atoms with van der Waals surface area (Å²) in [6.45, 7) is 1.18. The van der Waals surface area contributed by atoms with E-state index < -0.39 is 0 Å². The summed E-state index contributed by atoms with van der Waals surface area (Å²) < 4.78 is 15.4. The van der Waals surface area contributed by atoms with Crippen LogP contribution in [0.25, 0.3) is 11.3 Å². The summed E-state index contributed by atoms with van der Waals surface area (Å²) in [5.41, 5.74) is 3.04. The number of hydrogen-bond acceptors (Lipinski definition) is 3. The van der Waals surface area contributed by atoms with Gasteiger partial charge in [-0.05, 0) is 42.5 Å². The van der Waals surface area contributed by atoms with E-state index >= 15 is 0 Å². The third-order valence-corrected chi connectivity index (χ3v) is 5.40. The van der Waals surface area contributed by atoms with Crippen molar-refractivity contribution in [2.24, 2.45) is 0 Å². The first-order chi connectivity index (χ1) is 12.6. The molecule has 0 aliphatic carbocycles. The molecular weight excluding hydrogens is 373 g/mol. The Balaban J connectivity index is 1.61. The van der Waals surface area contributed by atoms with Crippen LogP contribution in [-0.4, -0.2) is 21.2 Å². The summed E-state index contributed by atoms with van der Waals surface area (Å²) in [5.74, 6) is 0.478. The van der Waals surface area contributed by atoms with Gasteiger partial charge in [0.2, 0.25) is 0 Å². The molecule has 4 rings (SSSR count). The molecule has 132 valence electrons. The lowest BCUT2D eigenvalue weighted by atomic mass is 10.1. The fourth-order valence-corrected chi connectivity index (χ4v) is 4.11. The van der Waals surface area contributed by atoms with Crippen LogP contribution >= 0.6 is 23.4 Å². The highest BCUT2D eigenvalue weighted by atomic mass is 35.5. The number of benzene rings is 2. The highest BCUT2D eigenvalue weighted by Gasteiger charge is 2.23. The molecule has 1 aliphatic heterocycles. The number of carbonyl (C=O) groups is 1. The van der Waals surface area contributed by atoms with E-state index in [2.05, 4.69) is 14.9 Å². The molecule has 3 aromatic rings. The highest BCUT2D eigenvalue weighted by molar-refractivity contribution is 7.99. The molecule has 2 aromatic carbocycles. The fraction of sp³-hybridized carbons (Fsp3) is 0.158. The average molecular weight is 388 g/mol. The van der Waals surface area contributed by atoms with Crippen LogP contribution < -0.4 is 5.32 Å². The summed E-state index contributed by atoms with van der Waals surface area (Å²) >= 11 is 7.64. The fourth-order valence-electron chi connectivity index (χ4n) is 2.95. The molecule has 0 bridgehead atoms. The Morgan fingerprint density at radius 1 is 1.27 bits per heavy atom. The van der Waals surface area contributed by atoms with Crippen molar-refractivity contribution in [1.82, 2.24) is 14.9 Å². The van der Waals surface area contributed by atoms with Crippen LogP contribution in [0.1, 0.15) is 16.1 Å². The van der Waals surface area contributed by atoms with E-state index in [1.54, 1.807) is 48.2 Å². The largest absolute Gasteiger partial charge is 0.346 e. The maximum atomic E-state index is 13.2. The Kier molecular flexibility index (Phi) is 4.70. The molecule has 0 saturated carbocycles. The van der Waals surface area contributed by atoms with Crippen molar-refractivity contribution in [3.63, 3.8) is 0 Å². The van der Waals surface area contributed by atoms with E-state index in [4.69, 9.17) is 11.6 Å². The predicted octanol–water partition coefficient (Wildman–Crippen LogP) is 4.38. The van der Waals surface area contributed by atoms with Gasteiger partial charge < -0.3 is 9.88 Å². The molecule has 26 heavy (non-hydrogen) atoms. The lowest BCUT2D eigenvalue weighted by Gasteiger charge is -2.10. The van der Waals surface area contributed by atoms with Gasteiger partial charge in [-0.1, -0.05) is 29.4 Å². The number of carbonyl (C=O) groups excluding carboxylic acids is 1. The number of hydrogen-bond donors (Lipinski definition) is 1. The molecule has 0 unspecified atom stereocenters. The zero-order valence-corrected chi connectivity index (χ0v) is 15.3. The normalized spacial score (nSPS) is 12.8. The smallest absolute Gasteiger partial charge is 0.251 e. The van der Waals surface area contributed by atoms with Crippen molar-refractivity contribution < 1.29 is 9.18 Å². The van der Waals surface area contributed by atoms with Crippen molar-refractivity contribution in [2.45, 2.75) is 18.2 Å². The molecule has 7 heteroatoms. The van der Waals surface area contributed by atoms with Crippen molar-refractivity contribution in [3.8, 4) is 11.3 Å². The zero-order chi connectivity index (χ0) is 18.1. The van der Waals surface area contributed by atoms with E-state index in [1.807, 2.05) is 0 Å². The van der Waals surface area contributed by atoms with Gasteiger partial charge in [0.15, 0.2) is 5.16 Å². The summed E-state index contributed by atoms with van der Waals surface area (Å²) in [7, 11) is 0. The molecule has 0 spiro atoms. The average Bonchev–Trinajstić information content (AvgIpc) is 3.22. The number of rotatable bonds is 4. The van der Waals surface area contributed by atoms with Crippen LogP contribution in [0.15, 0.2) is 53.7 Å². The van der Waals surface area contributed by atoms with Gasteiger partial charge in [0.1, 0.15) is 5.82 Å². The topological polar surface area (TPSA) is 46.9 Å². The molecule has 1 aromatic heterocycles. The summed E-state index contributed by atoms with van der Waals surface area (Å²) in [4.78, 5) is 17.1. The quantitative estimate of drug-likeness (QED) is 0.722. The summed E-state index contributed by atoms with van der Waals surface area (Å²) in [6, 6.07) is 13.1. The molecule has 0 saturated heterocycles. The molecule has 1 aliphatic rings. The molecule has 2 heterocycles. The Bertz CT molecular complexity index is 971. The monoisotopic (exact) mass is 387 g/mol. The number of fused-ring (bicyclic) bond motifs is 1. The first-order valence-electron chi connectivity index (χ1n) is 8.14. The number of amides is 1. The van der Waals surface area contributed by atoms with Crippen molar-refractivity contribution >= 4 is 29.3 Å². The van der Waals surface area contributed by atoms with Crippen LogP contribution in [0.5, 0.6) is 0 Å². The minimum absolute atomic E-state index is 0.196. The number of aromatic nitrogens is 2. The number of imidazole rings is 1. The van der Waals surface area contributed by atoms with Gasteiger partial charge in [-0.2, -0.15) is 0 Å². The van der Waals surface area contributed by atoms with E-state index in [9.17, 15) is 9.18 Å². The lowest BCUT2D eigenvalue weighted by molar-refractivity contribution is 0.0950. The maximum Gasteiger partial charge on any atom is 0.251 e. The third-order valence-electron chi connectivity index (χ3n) is 4.20. The van der Waals surface area contributed by atoms with Crippen LogP contribution in [-0.2, 0) is 13.1 Å². The summed E-state index contributed by atoms with van der Waals surface area (Å²) in [5, 5.41) is 4.38. The van der Waals surface area contributed by atoms with Crippen molar-refractivity contribution in [3.05, 3.63) is 70.6 Å². The minimum atomic E-state index is -0.286. The van der Waals surface area contributed by atoms with Gasteiger partial charge in [-0.25, -0.2) is 9.37 Å². The second-order valence-electron chi connectivity index (χ2n) is 5.89. The van der Waals surface area contributed by atoms with Gasteiger partial charge in [0, 0.05) is 28.4 Å². The summed E-state index contributed by atoms with van der Waals surface area (Å²) in [6.07, 6.45) is 0. The van der Waals surface area contributed by atoms with Crippen molar-refractivity contribution in [2.75, 3.05) is 5.75 Å². The Labute approximate surface area is 159 Å². The van der Waals surface area contributed by atoms with Gasteiger partial charge in [-0.15, -0.1) is 0 Å². The number of nitrogens with one attached hydrogen (secondary N) is 1. The van der Waals surface area contributed by atoms with Gasteiger partial charge >= 0.3 is 0 Å². The molecule has 0 radical (unpaired) electrons. The predicted molar refractivity (Wildman–Crippen MR) is 101 cm³/mol. The third kappa shape index (κ3) is 3.34. The lowest BCUT2D eigenvalue weighted by Crippen LogP contribution is -2.24. The molecule has 1 N–H and O–H groups in total. The van der Waals surface area contributed by atoms with Crippen LogP contribution in [0, 0.1) is 5.82 Å². The number of thioether (sulfide) groups is 1. The maximum absolute atomic E-state index is 13.2. The Morgan fingerprint density at radius 2 is 2.08 bits per heavy atom. The number of halogens is 2. The second-order valence-corrected chi connectivity index (χ2v) is 7.39. The van der Waals surface area contributed by atoms with Gasteiger partial charge in [-0.3, -0.25) is 4.79 Å². The first-order valence-corrected chi connectivity index (χ1v) is 9.50. The van der Waals surface area contributed by atoms with E-state index in [-0.39, 0.29) is 11.7 Å². The van der Waals surface area contributed by atoms with Gasteiger partial charge in [0.25, 0.3) is 5.91 Å². The van der Waals surface area contributed by atoms with Gasteiger partial charge in [0.05, 0.1) is 17.9 Å². The van der Waals surface area contributed by atoms with Crippen LogP contribution in [0.4, 0.5) is 4.39 Å². The standard InChI is InChI=1S/C19H15ClFN3OS/c20-14-3-1-2-13(10-14)18(25)22-11-16-17(12-4-6-15(21)7-5-12)23-19-24(16)8-9-26-19/h1-7,10H,8-9,11H2,(H,22,25). The first kappa shape index (κ1) is 17.1. The molecule has 4 nitrogen and oxygen atoms in total. The molecule has 0 atom stereocenters. The molecular formula is C19H15ClFN3OS. The van der Waals surface area contributed by atoms with E-state index in [0.29, 0.717) is 17.1 Å². The minimum Gasteiger partial charge on any atom is -0.346 e. The Morgan fingerprint density at radius 3 is 2.85 bits per heavy atom. The second kappa shape index (κ2) is 7.13. The number of nitrogens with zero attached hydrogens (tertiary/aromatic N) is 2. The van der Waals surface area contributed by atoms with E-state index in [1.165, 1.54) is 12.1 Å². The van der Waals surface area contributed by atoms with E-state index in [0.717, 1.165) is 34.4 Å². The molecule has 0 fully saturated rings. The zero-order valence-electron chi connectivity index (χ0n) is 13.7.